The second-order valence-corrected chi connectivity index (χ2v) is 16.0. The molecule has 4 heterocycles. The topological polar surface area (TPSA) is 175 Å². The number of carbonyl (C=O) groups is 4. The first kappa shape index (κ1) is 36.0. The van der Waals surface area contributed by atoms with Crippen molar-refractivity contribution < 1.29 is 28.7 Å². The Hall–Kier alpha value is -5.66. The standard InChI is InChI=1S/C42H48N8O6/c1-55-41(53)47-34(27-13-14-27)39(51)49-19-3-4-33(49)37-43-21-31(45-37)25-9-5-23(6-10-25)24-7-11-26(12-8-24)32-22-44-38(46-32)36-29-17-18-30(20-29)50(36)40(52)35(28-15-16-28)48-42(54)56-2/h5-12,21-22,27-30,33-36H,3-4,13-20H2,1-2H3,(H,43,45)(H,44,46)(H,47,53)(H,48,54)/t29-,30-,33-,34-,35+,36+/m0/s1. The minimum Gasteiger partial charge on any atom is -0.453 e. The van der Waals surface area contributed by atoms with Crippen molar-refractivity contribution in [3.63, 3.8) is 0 Å². The molecule has 5 aliphatic rings. The Morgan fingerprint density at radius 2 is 1.20 bits per heavy atom. The van der Waals surface area contributed by atoms with Crippen molar-refractivity contribution in [1.82, 2.24) is 40.4 Å². The molecule has 3 saturated carbocycles. The lowest BCUT2D eigenvalue weighted by Gasteiger charge is -2.36. The number of benzene rings is 2. The molecule has 0 unspecified atom stereocenters. The number of amides is 4. The summed E-state index contributed by atoms with van der Waals surface area (Å²) >= 11 is 0. The molecule has 4 N–H and O–H groups in total. The van der Waals surface area contributed by atoms with Gasteiger partial charge in [-0.1, -0.05) is 48.5 Å². The van der Waals surface area contributed by atoms with Gasteiger partial charge in [-0.3, -0.25) is 9.59 Å². The first-order valence-electron chi connectivity index (χ1n) is 19.9. The van der Waals surface area contributed by atoms with E-state index in [0.29, 0.717) is 12.5 Å². The molecule has 5 fully saturated rings. The van der Waals surface area contributed by atoms with Gasteiger partial charge in [0.2, 0.25) is 11.8 Å². The van der Waals surface area contributed by atoms with Crippen LogP contribution in [-0.4, -0.2) is 92.6 Å². The van der Waals surface area contributed by atoms with Gasteiger partial charge in [0.25, 0.3) is 0 Å². The van der Waals surface area contributed by atoms with Gasteiger partial charge in [0.05, 0.1) is 50.1 Å². The van der Waals surface area contributed by atoms with E-state index in [1.165, 1.54) is 14.2 Å². The summed E-state index contributed by atoms with van der Waals surface area (Å²) < 4.78 is 9.63. The van der Waals surface area contributed by atoms with E-state index in [9.17, 15) is 19.2 Å². The second-order valence-electron chi connectivity index (χ2n) is 16.0. The van der Waals surface area contributed by atoms with Crippen LogP contribution < -0.4 is 10.6 Å². The molecule has 2 aromatic carbocycles. The van der Waals surface area contributed by atoms with Crippen LogP contribution in [-0.2, 0) is 19.1 Å². The number of piperidine rings is 1. The number of hydrogen-bond donors (Lipinski definition) is 4. The first-order chi connectivity index (χ1) is 27.3. The molecule has 4 amide bonds. The van der Waals surface area contributed by atoms with Gasteiger partial charge in [-0.05, 0) is 97.8 Å². The van der Waals surface area contributed by atoms with Crippen molar-refractivity contribution in [2.75, 3.05) is 20.8 Å². The minimum atomic E-state index is -0.582. The zero-order valence-electron chi connectivity index (χ0n) is 31.7. The molecule has 14 heteroatoms. The zero-order valence-corrected chi connectivity index (χ0v) is 31.7. The number of alkyl carbamates (subject to hydrolysis) is 2. The smallest absolute Gasteiger partial charge is 0.407 e. The van der Waals surface area contributed by atoms with Gasteiger partial charge in [-0.15, -0.1) is 0 Å². The summed E-state index contributed by atoms with van der Waals surface area (Å²) in [6, 6.07) is 15.4. The van der Waals surface area contributed by atoms with Crippen molar-refractivity contribution in [2.45, 2.75) is 88.0 Å². The van der Waals surface area contributed by atoms with Crippen LogP contribution in [0.2, 0.25) is 0 Å². The molecule has 4 aromatic rings. The molecule has 9 rings (SSSR count). The predicted octanol–water partition coefficient (Wildman–Crippen LogP) is 6.12. The number of fused-ring (bicyclic) bond motifs is 2. The molecule has 56 heavy (non-hydrogen) atoms. The number of imidazole rings is 2. The molecule has 6 atom stereocenters. The fraction of sp³-hybridized carbons (Fsp3) is 0.476. The predicted molar refractivity (Wildman–Crippen MR) is 206 cm³/mol. The maximum absolute atomic E-state index is 14.0. The number of nitrogens with one attached hydrogen (secondary N) is 4. The average molecular weight is 761 g/mol. The molecule has 3 aliphatic carbocycles. The van der Waals surface area contributed by atoms with Crippen LogP contribution in [0.3, 0.4) is 0 Å². The minimum absolute atomic E-state index is 0.0305. The number of carbonyl (C=O) groups excluding carboxylic acids is 4. The number of rotatable bonds is 11. The van der Waals surface area contributed by atoms with Crippen molar-refractivity contribution >= 4 is 24.0 Å². The van der Waals surface area contributed by atoms with Gasteiger partial charge in [0.15, 0.2) is 0 Å². The SMILES string of the molecule is COC(=O)N[C@H](C(=O)N1CCC[C@H]1c1ncc(-c2ccc(-c3ccc(-c4cnc([C@H]5[C@H]6CC[C@@H](C6)N5C(=O)[C@H](NC(=O)OC)C5CC5)[nH]4)cc3)cc2)[nH]1)C1CC1. The lowest BCUT2D eigenvalue weighted by atomic mass is 9.97. The van der Waals surface area contributed by atoms with E-state index < -0.39 is 24.3 Å². The van der Waals surface area contributed by atoms with E-state index in [2.05, 4.69) is 69.1 Å². The molecule has 2 aliphatic heterocycles. The Morgan fingerprint density at radius 1 is 0.679 bits per heavy atom. The number of aromatic amines is 2. The Morgan fingerprint density at radius 3 is 1.75 bits per heavy atom. The van der Waals surface area contributed by atoms with E-state index in [-0.39, 0.29) is 41.8 Å². The summed E-state index contributed by atoms with van der Waals surface area (Å²) in [5, 5.41) is 5.58. The summed E-state index contributed by atoms with van der Waals surface area (Å²) in [6.45, 7) is 0.625. The Kier molecular flexibility index (Phi) is 9.50. The molecular formula is C42H48N8O6. The number of H-pyrrole nitrogens is 2. The van der Waals surface area contributed by atoms with Gasteiger partial charge in [-0.2, -0.15) is 0 Å². The highest BCUT2D eigenvalue weighted by Gasteiger charge is 2.53. The maximum atomic E-state index is 14.0. The number of nitrogens with zero attached hydrogens (tertiary/aromatic N) is 4. The second kappa shape index (κ2) is 14.8. The number of ether oxygens (including phenoxy) is 2. The summed E-state index contributed by atoms with van der Waals surface area (Å²) in [5.74, 6) is 2.07. The number of methoxy groups -OCH3 is 2. The van der Waals surface area contributed by atoms with Gasteiger partial charge >= 0.3 is 12.2 Å². The van der Waals surface area contributed by atoms with Crippen molar-refractivity contribution in [1.29, 1.82) is 0 Å². The molecule has 2 saturated heterocycles. The van der Waals surface area contributed by atoms with Crippen molar-refractivity contribution in [3.05, 3.63) is 72.6 Å². The van der Waals surface area contributed by atoms with Crippen molar-refractivity contribution in [3.8, 4) is 33.6 Å². The lowest BCUT2D eigenvalue weighted by molar-refractivity contribution is -0.138. The van der Waals surface area contributed by atoms with Crippen LogP contribution in [0.25, 0.3) is 33.6 Å². The molecule has 2 aromatic heterocycles. The molecule has 292 valence electrons. The zero-order chi connectivity index (χ0) is 38.5. The largest absolute Gasteiger partial charge is 0.453 e. The van der Waals surface area contributed by atoms with E-state index in [0.717, 1.165) is 103 Å². The molecular weight excluding hydrogens is 713 g/mol. The summed E-state index contributed by atoms with van der Waals surface area (Å²) in [7, 11) is 2.64. The van der Waals surface area contributed by atoms with E-state index in [4.69, 9.17) is 19.4 Å². The fourth-order valence-electron chi connectivity index (χ4n) is 9.28. The van der Waals surface area contributed by atoms with Crippen LogP contribution in [0.1, 0.15) is 81.5 Å². The number of hydrogen-bond acceptors (Lipinski definition) is 8. The first-order valence-corrected chi connectivity index (χ1v) is 19.9. The highest BCUT2D eigenvalue weighted by molar-refractivity contribution is 5.88. The van der Waals surface area contributed by atoms with E-state index in [1.54, 1.807) is 0 Å². The molecule has 0 radical (unpaired) electrons. The van der Waals surface area contributed by atoms with Gasteiger partial charge in [0, 0.05) is 12.6 Å². The summed E-state index contributed by atoms with van der Waals surface area (Å²) in [5.41, 5.74) is 5.91. The summed E-state index contributed by atoms with van der Waals surface area (Å²) in [4.78, 5) is 72.0. The maximum Gasteiger partial charge on any atom is 0.407 e. The van der Waals surface area contributed by atoms with Gasteiger partial charge < -0.3 is 39.9 Å². The monoisotopic (exact) mass is 760 g/mol. The molecule has 14 nitrogen and oxygen atoms in total. The van der Waals surface area contributed by atoms with Crippen LogP contribution in [0.5, 0.6) is 0 Å². The number of likely N-dealkylation sites (tertiary alicyclic amines) is 2. The van der Waals surface area contributed by atoms with E-state index >= 15 is 0 Å². The highest BCUT2D eigenvalue weighted by Crippen LogP contribution is 2.51. The van der Waals surface area contributed by atoms with Gasteiger partial charge in [-0.25, -0.2) is 19.6 Å². The third-order valence-corrected chi connectivity index (χ3v) is 12.5. The van der Waals surface area contributed by atoms with Crippen molar-refractivity contribution in [2.24, 2.45) is 17.8 Å². The van der Waals surface area contributed by atoms with Crippen LogP contribution >= 0.6 is 0 Å². The number of aromatic nitrogens is 4. The Balaban J connectivity index is 0.862. The lowest BCUT2D eigenvalue weighted by Crippen LogP contribution is -2.52. The fourth-order valence-corrected chi connectivity index (χ4v) is 9.28. The van der Waals surface area contributed by atoms with Crippen LogP contribution in [0, 0.1) is 17.8 Å². The van der Waals surface area contributed by atoms with E-state index in [1.807, 2.05) is 22.2 Å². The Labute approximate surface area is 325 Å². The van der Waals surface area contributed by atoms with Crippen LogP contribution in [0.15, 0.2) is 60.9 Å². The quantitative estimate of drug-likeness (QED) is 0.142. The van der Waals surface area contributed by atoms with Gasteiger partial charge in [0.1, 0.15) is 23.7 Å². The highest BCUT2D eigenvalue weighted by atomic mass is 16.5. The normalized spacial score (nSPS) is 23.8. The Bertz CT molecular complexity index is 2100. The average Bonchev–Trinajstić information content (AvgIpc) is 3.86. The molecule has 2 bridgehead atoms. The third-order valence-electron chi connectivity index (χ3n) is 12.5. The van der Waals surface area contributed by atoms with Crippen LogP contribution in [0.4, 0.5) is 9.59 Å². The third kappa shape index (κ3) is 6.90. The molecule has 0 spiro atoms. The summed E-state index contributed by atoms with van der Waals surface area (Å²) in [6.07, 6.45) is 10.9.